The molecule has 0 heterocycles. The van der Waals surface area contributed by atoms with Crippen LogP contribution in [-0.2, 0) is 4.74 Å². The van der Waals surface area contributed by atoms with Gasteiger partial charge in [0.15, 0.2) is 0 Å². The summed E-state index contributed by atoms with van der Waals surface area (Å²) in [6.07, 6.45) is 2.20. The van der Waals surface area contributed by atoms with E-state index >= 15 is 0 Å². The maximum Gasteiger partial charge on any atom is 0.0897 e. The molecule has 1 unspecified atom stereocenters. The lowest BCUT2D eigenvalue weighted by Crippen LogP contribution is -2.31. The van der Waals surface area contributed by atoms with Crippen molar-refractivity contribution in [3.63, 3.8) is 0 Å². The van der Waals surface area contributed by atoms with Crippen molar-refractivity contribution in [1.29, 1.82) is 0 Å². The Labute approximate surface area is 86.2 Å². The van der Waals surface area contributed by atoms with Crippen molar-refractivity contribution in [3.05, 3.63) is 12.2 Å². The lowest BCUT2D eigenvalue weighted by Gasteiger charge is -2.12. The molecule has 3 heteroatoms. The Morgan fingerprint density at radius 3 is 2.93 bits per heavy atom. The van der Waals surface area contributed by atoms with Gasteiger partial charge < -0.3 is 15.2 Å². The van der Waals surface area contributed by atoms with Crippen LogP contribution in [0.5, 0.6) is 0 Å². The zero-order valence-corrected chi connectivity index (χ0v) is 8.96. The van der Waals surface area contributed by atoms with E-state index in [9.17, 15) is 5.11 Å². The highest BCUT2D eigenvalue weighted by Crippen LogP contribution is 2.28. The maximum absolute atomic E-state index is 9.48. The van der Waals surface area contributed by atoms with Crippen molar-refractivity contribution < 1.29 is 9.84 Å². The highest BCUT2D eigenvalue weighted by Gasteiger charge is 2.21. The Bertz CT molecular complexity index is 178. The van der Waals surface area contributed by atoms with Crippen LogP contribution in [0.2, 0.25) is 0 Å². The van der Waals surface area contributed by atoms with Crippen molar-refractivity contribution >= 4 is 0 Å². The summed E-state index contributed by atoms with van der Waals surface area (Å²) in [7, 11) is 0. The summed E-state index contributed by atoms with van der Waals surface area (Å²) in [6.45, 7) is 8.34. The summed E-state index contributed by atoms with van der Waals surface area (Å²) >= 11 is 0. The molecule has 0 amide bonds. The second kappa shape index (κ2) is 6.17. The standard InChI is InChI=1S/C11H21NO2/c1-9(2)5-12-6-11(13)8-14-7-10-3-4-10/h10-13H,1,3-8H2,2H3. The van der Waals surface area contributed by atoms with Gasteiger partial charge in [0.25, 0.3) is 0 Å². The fourth-order valence-corrected chi connectivity index (χ4v) is 1.17. The van der Waals surface area contributed by atoms with E-state index in [1.807, 2.05) is 6.92 Å². The van der Waals surface area contributed by atoms with Gasteiger partial charge in [-0.2, -0.15) is 0 Å². The molecule has 1 fully saturated rings. The first-order valence-electron chi connectivity index (χ1n) is 5.29. The summed E-state index contributed by atoms with van der Waals surface area (Å²) in [5.74, 6) is 0.769. The van der Waals surface area contributed by atoms with Gasteiger partial charge in [0.05, 0.1) is 12.7 Å². The Morgan fingerprint density at radius 1 is 1.64 bits per heavy atom. The molecular formula is C11H21NO2. The molecule has 1 aliphatic carbocycles. The Morgan fingerprint density at radius 2 is 2.36 bits per heavy atom. The van der Waals surface area contributed by atoms with Crippen LogP contribution in [-0.4, -0.2) is 37.5 Å². The third kappa shape index (κ3) is 6.13. The molecule has 0 bridgehead atoms. The molecular weight excluding hydrogens is 178 g/mol. The van der Waals surface area contributed by atoms with Gasteiger partial charge >= 0.3 is 0 Å². The first-order valence-corrected chi connectivity index (χ1v) is 5.29. The molecule has 0 aromatic rings. The van der Waals surface area contributed by atoms with Crippen molar-refractivity contribution in [2.24, 2.45) is 5.92 Å². The van der Waals surface area contributed by atoms with Gasteiger partial charge in [0.1, 0.15) is 0 Å². The summed E-state index contributed by atoms with van der Waals surface area (Å²) in [4.78, 5) is 0. The molecule has 3 nitrogen and oxygen atoms in total. The second-order valence-corrected chi connectivity index (χ2v) is 4.22. The molecule has 0 aromatic heterocycles. The molecule has 0 spiro atoms. The lowest BCUT2D eigenvalue weighted by molar-refractivity contribution is 0.0329. The van der Waals surface area contributed by atoms with E-state index in [0.29, 0.717) is 13.2 Å². The molecule has 0 aliphatic heterocycles. The summed E-state index contributed by atoms with van der Waals surface area (Å²) in [5.41, 5.74) is 1.08. The topological polar surface area (TPSA) is 41.5 Å². The third-order valence-corrected chi connectivity index (χ3v) is 2.17. The van der Waals surface area contributed by atoms with Gasteiger partial charge in [-0.05, 0) is 25.7 Å². The van der Waals surface area contributed by atoms with Crippen LogP contribution in [0.3, 0.4) is 0 Å². The van der Waals surface area contributed by atoms with E-state index in [1.165, 1.54) is 12.8 Å². The third-order valence-electron chi connectivity index (χ3n) is 2.17. The first-order chi connectivity index (χ1) is 6.68. The molecule has 14 heavy (non-hydrogen) atoms. The number of rotatable bonds is 8. The average Bonchev–Trinajstić information content (AvgIpc) is 2.87. The van der Waals surface area contributed by atoms with Crippen LogP contribution in [0, 0.1) is 5.92 Å². The molecule has 0 saturated heterocycles. The van der Waals surface area contributed by atoms with Crippen LogP contribution >= 0.6 is 0 Å². The smallest absolute Gasteiger partial charge is 0.0897 e. The molecule has 0 aromatic carbocycles. The fourth-order valence-electron chi connectivity index (χ4n) is 1.17. The SMILES string of the molecule is C=C(C)CNCC(O)COCC1CC1. The van der Waals surface area contributed by atoms with E-state index in [2.05, 4.69) is 11.9 Å². The predicted octanol–water partition coefficient (Wildman–Crippen LogP) is 0.940. The number of ether oxygens (including phenoxy) is 1. The molecule has 1 saturated carbocycles. The molecule has 0 radical (unpaired) electrons. The van der Waals surface area contributed by atoms with E-state index in [4.69, 9.17) is 4.74 Å². The van der Waals surface area contributed by atoms with Crippen LogP contribution in [0.15, 0.2) is 12.2 Å². The van der Waals surface area contributed by atoms with Crippen molar-refractivity contribution in [1.82, 2.24) is 5.32 Å². The molecule has 1 aliphatic rings. The van der Waals surface area contributed by atoms with Gasteiger partial charge in [0, 0.05) is 19.7 Å². The fraction of sp³-hybridized carbons (Fsp3) is 0.818. The highest BCUT2D eigenvalue weighted by atomic mass is 16.5. The largest absolute Gasteiger partial charge is 0.389 e. The summed E-state index contributed by atoms with van der Waals surface area (Å²) in [6, 6.07) is 0. The Hall–Kier alpha value is -0.380. The quantitative estimate of drug-likeness (QED) is 0.572. The monoisotopic (exact) mass is 199 g/mol. The average molecular weight is 199 g/mol. The number of aliphatic hydroxyl groups excluding tert-OH is 1. The molecule has 1 rings (SSSR count). The number of nitrogens with one attached hydrogen (secondary N) is 1. The zero-order valence-electron chi connectivity index (χ0n) is 8.96. The minimum absolute atomic E-state index is 0.395. The van der Waals surface area contributed by atoms with Crippen LogP contribution < -0.4 is 5.32 Å². The van der Waals surface area contributed by atoms with Gasteiger partial charge in [-0.15, -0.1) is 0 Å². The maximum atomic E-state index is 9.48. The van der Waals surface area contributed by atoms with E-state index < -0.39 is 6.10 Å². The van der Waals surface area contributed by atoms with E-state index in [1.54, 1.807) is 0 Å². The number of hydrogen-bond donors (Lipinski definition) is 2. The summed E-state index contributed by atoms with van der Waals surface area (Å²) < 4.78 is 5.36. The Balaban J connectivity index is 1.86. The second-order valence-electron chi connectivity index (χ2n) is 4.22. The van der Waals surface area contributed by atoms with Crippen LogP contribution in [0.4, 0.5) is 0 Å². The number of hydrogen-bond acceptors (Lipinski definition) is 3. The normalized spacial score (nSPS) is 18.1. The van der Waals surface area contributed by atoms with Crippen molar-refractivity contribution in [2.75, 3.05) is 26.3 Å². The van der Waals surface area contributed by atoms with Gasteiger partial charge in [-0.25, -0.2) is 0 Å². The van der Waals surface area contributed by atoms with E-state index in [-0.39, 0.29) is 0 Å². The van der Waals surface area contributed by atoms with Crippen LogP contribution in [0.25, 0.3) is 0 Å². The first kappa shape index (κ1) is 11.7. The van der Waals surface area contributed by atoms with Gasteiger partial charge in [-0.3, -0.25) is 0 Å². The Kier molecular flexibility index (Phi) is 5.15. The van der Waals surface area contributed by atoms with Crippen molar-refractivity contribution in [3.8, 4) is 0 Å². The summed E-state index contributed by atoms with van der Waals surface area (Å²) in [5, 5.41) is 12.6. The predicted molar refractivity (Wildman–Crippen MR) is 57.2 cm³/mol. The highest BCUT2D eigenvalue weighted by molar-refractivity contribution is 4.90. The number of aliphatic hydroxyl groups is 1. The van der Waals surface area contributed by atoms with Crippen molar-refractivity contribution in [2.45, 2.75) is 25.9 Å². The minimum Gasteiger partial charge on any atom is -0.389 e. The van der Waals surface area contributed by atoms with Crippen LogP contribution in [0.1, 0.15) is 19.8 Å². The van der Waals surface area contributed by atoms with E-state index in [0.717, 1.165) is 24.6 Å². The molecule has 82 valence electrons. The zero-order chi connectivity index (χ0) is 10.4. The van der Waals surface area contributed by atoms with Gasteiger partial charge in [-0.1, -0.05) is 12.2 Å². The molecule has 1 atom stereocenters. The molecule has 2 N–H and O–H groups in total. The van der Waals surface area contributed by atoms with Gasteiger partial charge in [0.2, 0.25) is 0 Å². The minimum atomic E-state index is -0.395. The lowest BCUT2D eigenvalue weighted by atomic mass is 10.3.